The van der Waals surface area contributed by atoms with E-state index in [1.807, 2.05) is 11.0 Å². The minimum absolute atomic E-state index is 0.197. The zero-order valence-electron chi connectivity index (χ0n) is 13.1. The number of thiophene rings is 1. The van der Waals surface area contributed by atoms with Crippen molar-refractivity contribution in [3.05, 3.63) is 21.3 Å². The van der Waals surface area contributed by atoms with Crippen molar-refractivity contribution in [1.29, 1.82) is 0 Å². The van der Waals surface area contributed by atoms with Crippen LogP contribution in [0, 0.1) is 0 Å². The maximum Gasteiger partial charge on any atom is 0.312 e. The molecule has 1 saturated heterocycles. The Kier molecular flexibility index (Phi) is 7.14. The van der Waals surface area contributed by atoms with E-state index in [1.54, 1.807) is 11.3 Å². The summed E-state index contributed by atoms with van der Waals surface area (Å²) in [6.07, 6.45) is 2.07. The number of primary amides is 1. The lowest BCUT2D eigenvalue weighted by Gasteiger charge is -2.34. The van der Waals surface area contributed by atoms with E-state index in [1.165, 1.54) is 4.88 Å². The van der Waals surface area contributed by atoms with Gasteiger partial charge in [-0.2, -0.15) is 0 Å². The fourth-order valence-electron chi connectivity index (χ4n) is 2.58. The molecule has 3 N–H and O–H groups in total. The van der Waals surface area contributed by atoms with Crippen LogP contribution in [0.4, 0.5) is 4.79 Å². The van der Waals surface area contributed by atoms with Crippen molar-refractivity contribution in [3.63, 3.8) is 0 Å². The highest BCUT2D eigenvalue weighted by atomic mass is 35.5. The summed E-state index contributed by atoms with van der Waals surface area (Å²) in [5.74, 6) is 0.197. The Labute approximate surface area is 145 Å². The molecular formula is C15H23ClN4O2S. The molecule has 0 radical (unpaired) electrons. The quantitative estimate of drug-likeness (QED) is 0.730. The largest absolute Gasteiger partial charge is 0.352 e. The van der Waals surface area contributed by atoms with Crippen molar-refractivity contribution >= 4 is 34.9 Å². The molecule has 23 heavy (non-hydrogen) atoms. The van der Waals surface area contributed by atoms with Gasteiger partial charge < -0.3 is 16.0 Å². The molecule has 1 aromatic rings. The molecule has 1 fully saturated rings. The summed E-state index contributed by atoms with van der Waals surface area (Å²) in [6.45, 7) is 4.77. The van der Waals surface area contributed by atoms with Crippen LogP contribution < -0.4 is 11.1 Å². The number of urea groups is 1. The van der Waals surface area contributed by atoms with Gasteiger partial charge in [0, 0.05) is 50.6 Å². The summed E-state index contributed by atoms with van der Waals surface area (Å²) in [5.41, 5.74) is 4.98. The molecule has 0 aliphatic carbocycles. The summed E-state index contributed by atoms with van der Waals surface area (Å²) in [7, 11) is 0. The lowest BCUT2D eigenvalue weighted by molar-refractivity contribution is -0.133. The van der Waals surface area contributed by atoms with Gasteiger partial charge >= 0.3 is 6.03 Å². The van der Waals surface area contributed by atoms with E-state index in [9.17, 15) is 9.59 Å². The first-order chi connectivity index (χ1) is 11.0. The minimum atomic E-state index is -0.514. The normalized spacial score (nSPS) is 15.6. The fraction of sp³-hybridized carbons (Fsp3) is 0.600. The first kappa shape index (κ1) is 18.0. The van der Waals surface area contributed by atoms with Crippen LogP contribution in [-0.4, -0.2) is 54.5 Å². The van der Waals surface area contributed by atoms with Gasteiger partial charge in [0.2, 0.25) is 5.91 Å². The molecule has 0 saturated carbocycles. The summed E-state index contributed by atoms with van der Waals surface area (Å²) in [4.78, 5) is 28.2. The topological polar surface area (TPSA) is 78.7 Å². The van der Waals surface area contributed by atoms with Gasteiger partial charge in [-0.25, -0.2) is 4.79 Å². The monoisotopic (exact) mass is 358 g/mol. The summed E-state index contributed by atoms with van der Waals surface area (Å²) < 4.78 is 0.819. The molecule has 0 aromatic carbocycles. The van der Waals surface area contributed by atoms with Crippen LogP contribution in [0.1, 0.15) is 24.1 Å². The number of halogens is 1. The van der Waals surface area contributed by atoms with Crippen molar-refractivity contribution in [2.75, 3.05) is 32.7 Å². The first-order valence-electron chi connectivity index (χ1n) is 7.82. The van der Waals surface area contributed by atoms with E-state index in [0.717, 1.165) is 49.9 Å². The van der Waals surface area contributed by atoms with Gasteiger partial charge in [-0.3, -0.25) is 9.69 Å². The van der Waals surface area contributed by atoms with Crippen LogP contribution in [-0.2, 0) is 11.3 Å². The second-order valence-electron chi connectivity index (χ2n) is 5.61. The number of hydrogen-bond acceptors (Lipinski definition) is 4. The SMILES string of the molecule is NC(=O)NCCCCC(=O)N1CCN(Cc2ccc(Cl)s2)CC1. The molecule has 1 aliphatic rings. The Morgan fingerprint density at radius 2 is 1.96 bits per heavy atom. The average molecular weight is 359 g/mol. The Bertz CT molecular complexity index is 529. The Morgan fingerprint density at radius 3 is 2.57 bits per heavy atom. The van der Waals surface area contributed by atoms with E-state index in [4.69, 9.17) is 17.3 Å². The van der Waals surface area contributed by atoms with Crippen molar-refractivity contribution < 1.29 is 9.59 Å². The number of carbonyl (C=O) groups excluding carboxylic acids is 2. The van der Waals surface area contributed by atoms with Crippen LogP contribution in [0.5, 0.6) is 0 Å². The minimum Gasteiger partial charge on any atom is -0.352 e. The molecule has 0 unspecified atom stereocenters. The predicted molar refractivity (Wildman–Crippen MR) is 92.6 cm³/mol. The Morgan fingerprint density at radius 1 is 1.22 bits per heavy atom. The van der Waals surface area contributed by atoms with Gasteiger partial charge in [0.05, 0.1) is 4.34 Å². The van der Waals surface area contributed by atoms with E-state index in [0.29, 0.717) is 13.0 Å². The summed E-state index contributed by atoms with van der Waals surface area (Å²) in [5, 5.41) is 2.53. The van der Waals surface area contributed by atoms with Gasteiger partial charge in [0.15, 0.2) is 0 Å². The molecule has 0 bridgehead atoms. The first-order valence-corrected chi connectivity index (χ1v) is 9.01. The Hall–Kier alpha value is -1.31. The number of piperazine rings is 1. The van der Waals surface area contributed by atoms with E-state index in [2.05, 4.69) is 16.3 Å². The van der Waals surface area contributed by atoms with Gasteiger partial charge in [-0.1, -0.05) is 11.6 Å². The zero-order valence-corrected chi connectivity index (χ0v) is 14.7. The molecule has 128 valence electrons. The molecule has 8 heteroatoms. The molecule has 1 aliphatic heterocycles. The second kappa shape index (κ2) is 9.10. The highest BCUT2D eigenvalue weighted by Crippen LogP contribution is 2.23. The molecule has 0 atom stereocenters. The smallest absolute Gasteiger partial charge is 0.312 e. The maximum absolute atomic E-state index is 12.1. The number of nitrogens with zero attached hydrogens (tertiary/aromatic N) is 2. The van der Waals surface area contributed by atoms with Gasteiger partial charge in [0.1, 0.15) is 0 Å². The third kappa shape index (κ3) is 6.37. The van der Waals surface area contributed by atoms with Crippen LogP contribution in [0.2, 0.25) is 4.34 Å². The highest BCUT2D eigenvalue weighted by Gasteiger charge is 2.20. The maximum atomic E-state index is 12.1. The van der Waals surface area contributed by atoms with Crippen molar-refractivity contribution in [2.24, 2.45) is 5.73 Å². The lowest BCUT2D eigenvalue weighted by atomic mass is 10.2. The van der Waals surface area contributed by atoms with Gasteiger partial charge in [-0.05, 0) is 25.0 Å². The molecule has 2 heterocycles. The molecular weight excluding hydrogens is 336 g/mol. The number of unbranched alkanes of at least 4 members (excludes halogenated alkanes) is 1. The number of nitrogens with one attached hydrogen (secondary N) is 1. The number of hydrogen-bond donors (Lipinski definition) is 2. The van der Waals surface area contributed by atoms with Crippen molar-refractivity contribution in [3.8, 4) is 0 Å². The molecule has 0 spiro atoms. The summed E-state index contributed by atoms with van der Waals surface area (Å²) in [6, 6.07) is 3.47. The standard InChI is InChI=1S/C15H23ClN4O2S/c16-13-5-4-12(23-13)11-19-7-9-20(10-8-19)14(21)3-1-2-6-18-15(17)22/h4-5H,1-3,6-11H2,(H3,17,18,22). The number of rotatable bonds is 7. The van der Waals surface area contributed by atoms with Crippen LogP contribution in [0.15, 0.2) is 12.1 Å². The third-order valence-corrected chi connectivity index (χ3v) is 5.07. The van der Waals surface area contributed by atoms with Gasteiger partial charge in [0.25, 0.3) is 0 Å². The van der Waals surface area contributed by atoms with E-state index in [-0.39, 0.29) is 5.91 Å². The average Bonchev–Trinajstić information content (AvgIpc) is 2.92. The number of carbonyl (C=O) groups is 2. The van der Waals surface area contributed by atoms with Crippen molar-refractivity contribution in [2.45, 2.75) is 25.8 Å². The third-order valence-electron chi connectivity index (χ3n) is 3.85. The van der Waals surface area contributed by atoms with Crippen LogP contribution in [0.25, 0.3) is 0 Å². The Balaban J connectivity index is 1.61. The molecule has 3 amide bonds. The van der Waals surface area contributed by atoms with Crippen LogP contribution in [0.3, 0.4) is 0 Å². The highest BCUT2D eigenvalue weighted by molar-refractivity contribution is 7.16. The van der Waals surface area contributed by atoms with Crippen LogP contribution >= 0.6 is 22.9 Å². The lowest BCUT2D eigenvalue weighted by Crippen LogP contribution is -2.48. The van der Waals surface area contributed by atoms with E-state index >= 15 is 0 Å². The zero-order chi connectivity index (χ0) is 16.7. The summed E-state index contributed by atoms with van der Waals surface area (Å²) >= 11 is 7.56. The predicted octanol–water partition coefficient (Wildman–Crippen LogP) is 1.88. The molecule has 1 aromatic heterocycles. The van der Waals surface area contributed by atoms with E-state index < -0.39 is 6.03 Å². The second-order valence-corrected chi connectivity index (χ2v) is 7.41. The van der Waals surface area contributed by atoms with Crippen molar-refractivity contribution in [1.82, 2.24) is 15.1 Å². The number of nitrogens with two attached hydrogens (primary N) is 1. The fourth-order valence-corrected chi connectivity index (χ4v) is 3.71. The molecule has 2 rings (SSSR count). The molecule has 6 nitrogen and oxygen atoms in total. The van der Waals surface area contributed by atoms with Gasteiger partial charge in [-0.15, -0.1) is 11.3 Å². The number of amides is 3.